The second-order valence-electron chi connectivity index (χ2n) is 5.27. The van der Waals surface area contributed by atoms with Crippen LogP contribution in [-0.2, 0) is 4.79 Å². The van der Waals surface area contributed by atoms with Gasteiger partial charge < -0.3 is 11.5 Å². The van der Waals surface area contributed by atoms with Crippen molar-refractivity contribution in [1.29, 1.82) is 0 Å². The van der Waals surface area contributed by atoms with Gasteiger partial charge in [-0.15, -0.1) is 0 Å². The summed E-state index contributed by atoms with van der Waals surface area (Å²) in [6.07, 6.45) is 0.758. The third kappa shape index (κ3) is 3.18. The molecule has 0 aromatic heterocycles. The number of piperazine rings is 1. The Morgan fingerprint density at radius 3 is 2.11 bits per heavy atom. The fourth-order valence-corrected chi connectivity index (χ4v) is 2.52. The van der Waals surface area contributed by atoms with E-state index in [0.717, 1.165) is 32.6 Å². The molecule has 1 fully saturated rings. The molecular weight excluding hydrogens is 248 g/mol. The zero-order valence-electron chi connectivity index (χ0n) is 11.5. The molecule has 1 amide bonds. The number of hydrogen-bond acceptors (Lipinski definition) is 4. The lowest BCUT2D eigenvalue weighted by Gasteiger charge is -2.44. The number of rotatable bonds is 5. The predicted octanol–water partition coefficient (Wildman–Crippen LogP) is -0.0674. The van der Waals surface area contributed by atoms with Gasteiger partial charge >= 0.3 is 0 Å². The molecule has 4 N–H and O–H groups in total. The van der Waals surface area contributed by atoms with Crippen molar-refractivity contribution in [2.45, 2.75) is 38.8 Å². The van der Waals surface area contributed by atoms with E-state index in [1.807, 2.05) is 20.8 Å². The molecule has 1 unspecified atom stereocenters. The molecule has 5 nitrogen and oxygen atoms in total. The summed E-state index contributed by atoms with van der Waals surface area (Å²) >= 11 is 5.11. The van der Waals surface area contributed by atoms with Crippen LogP contribution in [0.1, 0.15) is 27.2 Å². The van der Waals surface area contributed by atoms with E-state index < -0.39 is 0 Å². The topological polar surface area (TPSA) is 75.6 Å². The largest absolute Gasteiger partial charge is 0.392 e. The quantitative estimate of drug-likeness (QED) is 0.685. The van der Waals surface area contributed by atoms with E-state index in [1.54, 1.807) is 0 Å². The minimum absolute atomic E-state index is 0.153. The molecule has 1 aliphatic heterocycles. The summed E-state index contributed by atoms with van der Waals surface area (Å²) in [7, 11) is 0. The fraction of sp³-hybridized carbons (Fsp3) is 0.833. The lowest BCUT2D eigenvalue weighted by atomic mass is 10.0. The summed E-state index contributed by atoms with van der Waals surface area (Å²) in [5.74, 6) is -0.237. The third-order valence-corrected chi connectivity index (χ3v) is 4.36. The highest BCUT2D eigenvalue weighted by molar-refractivity contribution is 7.80. The Kier molecular flexibility index (Phi) is 5.07. The first kappa shape index (κ1) is 15.3. The molecule has 18 heavy (non-hydrogen) atoms. The van der Waals surface area contributed by atoms with Crippen molar-refractivity contribution < 1.29 is 4.79 Å². The molecule has 0 radical (unpaired) electrons. The predicted molar refractivity (Wildman–Crippen MR) is 77.3 cm³/mol. The van der Waals surface area contributed by atoms with Crippen molar-refractivity contribution in [3.05, 3.63) is 0 Å². The standard InChI is InChI=1S/C12H24N4OS/c1-4-9(10(13)17)15-5-7-16(8-6-15)12(2,3)11(14)18/h9H,4-8H2,1-3H3,(H2,13,17)(H2,14,18). The first-order valence-electron chi connectivity index (χ1n) is 6.39. The van der Waals surface area contributed by atoms with Crippen LogP contribution >= 0.6 is 12.2 Å². The minimum Gasteiger partial charge on any atom is -0.392 e. The summed E-state index contributed by atoms with van der Waals surface area (Å²) < 4.78 is 0. The highest BCUT2D eigenvalue weighted by Crippen LogP contribution is 2.19. The van der Waals surface area contributed by atoms with Crippen LogP contribution in [-0.4, -0.2) is 58.5 Å². The molecule has 0 bridgehead atoms. The van der Waals surface area contributed by atoms with Crippen LogP contribution in [0.25, 0.3) is 0 Å². The number of thiocarbonyl (C=S) groups is 1. The van der Waals surface area contributed by atoms with Crippen molar-refractivity contribution >= 4 is 23.1 Å². The van der Waals surface area contributed by atoms with Gasteiger partial charge in [-0.2, -0.15) is 0 Å². The number of carbonyl (C=O) groups is 1. The molecule has 1 saturated heterocycles. The van der Waals surface area contributed by atoms with E-state index in [0.29, 0.717) is 4.99 Å². The van der Waals surface area contributed by atoms with E-state index in [9.17, 15) is 4.79 Å². The van der Waals surface area contributed by atoms with Gasteiger partial charge in [-0.05, 0) is 20.3 Å². The number of nitrogens with zero attached hydrogens (tertiary/aromatic N) is 2. The molecular formula is C12H24N4OS. The zero-order chi connectivity index (χ0) is 13.9. The molecule has 0 aromatic rings. The molecule has 0 spiro atoms. The number of carbonyl (C=O) groups excluding carboxylic acids is 1. The number of amides is 1. The Morgan fingerprint density at radius 1 is 1.28 bits per heavy atom. The Morgan fingerprint density at radius 2 is 1.78 bits per heavy atom. The fourth-order valence-electron chi connectivity index (χ4n) is 2.39. The molecule has 1 atom stereocenters. The molecule has 1 rings (SSSR count). The van der Waals surface area contributed by atoms with Crippen molar-refractivity contribution in [3.63, 3.8) is 0 Å². The smallest absolute Gasteiger partial charge is 0.234 e. The second-order valence-corrected chi connectivity index (χ2v) is 5.71. The maximum absolute atomic E-state index is 11.3. The number of hydrogen-bond donors (Lipinski definition) is 2. The van der Waals surface area contributed by atoms with Gasteiger partial charge in [0, 0.05) is 26.2 Å². The Bertz CT molecular complexity index is 324. The summed E-state index contributed by atoms with van der Waals surface area (Å²) in [6.45, 7) is 9.43. The first-order chi connectivity index (χ1) is 8.30. The van der Waals surface area contributed by atoms with E-state index in [1.165, 1.54) is 0 Å². The van der Waals surface area contributed by atoms with Gasteiger partial charge in [-0.25, -0.2) is 0 Å². The molecule has 104 valence electrons. The van der Waals surface area contributed by atoms with Crippen LogP contribution in [0.5, 0.6) is 0 Å². The third-order valence-electron chi connectivity index (χ3n) is 3.86. The molecule has 0 saturated carbocycles. The molecule has 1 aliphatic rings. The first-order valence-corrected chi connectivity index (χ1v) is 6.79. The van der Waals surface area contributed by atoms with Crippen LogP contribution in [0.4, 0.5) is 0 Å². The lowest BCUT2D eigenvalue weighted by Crippen LogP contribution is -2.61. The van der Waals surface area contributed by atoms with Crippen LogP contribution in [0.2, 0.25) is 0 Å². The Hall–Kier alpha value is -0.720. The Balaban J connectivity index is 2.61. The highest BCUT2D eigenvalue weighted by Gasteiger charge is 2.34. The van der Waals surface area contributed by atoms with E-state index in [2.05, 4.69) is 9.80 Å². The van der Waals surface area contributed by atoms with Gasteiger partial charge in [0.15, 0.2) is 0 Å². The van der Waals surface area contributed by atoms with Gasteiger partial charge in [0.25, 0.3) is 0 Å². The normalized spacial score (nSPS) is 20.6. The SMILES string of the molecule is CCC(C(N)=O)N1CCN(C(C)(C)C(N)=S)CC1. The van der Waals surface area contributed by atoms with E-state index in [-0.39, 0.29) is 17.5 Å². The summed E-state index contributed by atoms with van der Waals surface area (Å²) in [5, 5.41) is 0. The van der Waals surface area contributed by atoms with Gasteiger partial charge in [0.1, 0.15) is 0 Å². The van der Waals surface area contributed by atoms with Crippen molar-refractivity contribution in [1.82, 2.24) is 9.80 Å². The summed E-state index contributed by atoms with van der Waals surface area (Å²) in [4.78, 5) is 16.3. The highest BCUT2D eigenvalue weighted by atomic mass is 32.1. The van der Waals surface area contributed by atoms with Gasteiger partial charge in [-0.3, -0.25) is 14.6 Å². The van der Waals surface area contributed by atoms with Crippen molar-refractivity contribution in [2.75, 3.05) is 26.2 Å². The van der Waals surface area contributed by atoms with Crippen molar-refractivity contribution in [3.8, 4) is 0 Å². The number of nitrogens with two attached hydrogens (primary N) is 2. The maximum Gasteiger partial charge on any atom is 0.234 e. The van der Waals surface area contributed by atoms with Gasteiger partial charge in [0.2, 0.25) is 5.91 Å². The zero-order valence-corrected chi connectivity index (χ0v) is 12.3. The second kappa shape index (κ2) is 5.95. The maximum atomic E-state index is 11.3. The van der Waals surface area contributed by atoms with Crippen LogP contribution in [0, 0.1) is 0 Å². The lowest BCUT2D eigenvalue weighted by molar-refractivity contribution is -0.124. The molecule has 0 aromatic carbocycles. The van der Waals surface area contributed by atoms with Gasteiger partial charge in [-0.1, -0.05) is 19.1 Å². The van der Waals surface area contributed by atoms with Crippen molar-refractivity contribution in [2.24, 2.45) is 11.5 Å². The average Bonchev–Trinajstić information content (AvgIpc) is 2.30. The summed E-state index contributed by atoms with van der Waals surface area (Å²) in [5.41, 5.74) is 10.9. The minimum atomic E-state index is -0.268. The van der Waals surface area contributed by atoms with Gasteiger partial charge in [0.05, 0.1) is 16.6 Å². The van der Waals surface area contributed by atoms with Crippen LogP contribution < -0.4 is 11.5 Å². The molecule has 1 heterocycles. The average molecular weight is 272 g/mol. The van der Waals surface area contributed by atoms with E-state index in [4.69, 9.17) is 23.7 Å². The van der Waals surface area contributed by atoms with E-state index >= 15 is 0 Å². The molecule has 6 heteroatoms. The van der Waals surface area contributed by atoms with Crippen LogP contribution in [0.3, 0.4) is 0 Å². The monoisotopic (exact) mass is 272 g/mol. The van der Waals surface area contributed by atoms with Crippen LogP contribution in [0.15, 0.2) is 0 Å². The number of primary amides is 1. The summed E-state index contributed by atoms with van der Waals surface area (Å²) in [6, 6.07) is -0.153. The molecule has 0 aliphatic carbocycles. The Labute approximate surface area is 114 Å².